The molecule has 0 aliphatic carbocycles. The van der Waals surface area contributed by atoms with Gasteiger partial charge in [-0.05, 0) is 24.1 Å². The van der Waals surface area contributed by atoms with Crippen molar-refractivity contribution in [2.75, 3.05) is 13.2 Å². The number of nitrogens with one attached hydrogen (secondary N) is 1. The van der Waals surface area contributed by atoms with Gasteiger partial charge in [0, 0.05) is 6.54 Å². The average Bonchev–Trinajstić information content (AvgIpc) is 2.37. The Hall–Kier alpha value is -2.06. The van der Waals surface area contributed by atoms with Crippen LogP contribution >= 0.6 is 0 Å². The molecule has 1 aromatic carbocycles. The second-order valence-electron chi connectivity index (χ2n) is 3.89. The number of carbonyl (C=O) groups excluding carboxylic acids is 1. The van der Waals surface area contributed by atoms with Gasteiger partial charge in [-0.3, -0.25) is 0 Å². The van der Waals surface area contributed by atoms with E-state index in [1.807, 2.05) is 0 Å². The lowest BCUT2D eigenvalue weighted by Gasteiger charge is -2.09. The Balaban J connectivity index is 2.27. The van der Waals surface area contributed by atoms with Crippen molar-refractivity contribution in [3.05, 3.63) is 29.8 Å². The van der Waals surface area contributed by atoms with Crippen LogP contribution in [0.25, 0.3) is 0 Å². The van der Waals surface area contributed by atoms with Crippen molar-refractivity contribution in [2.45, 2.75) is 19.2 Å². The molecule has 0 unspecified atom stereocenters. The van der Waals surface area contributed by atoms with Gasteiger partial charge in [-0.15, -0.1) is 0 Å². The first-order valence-electron chi connectivity index (χ1n) is 5.77. The second-order valence-corrected chi connectivity index (χ2v) is 3.89. The Morgan fingerprint density at radius 3 is 2.33 bits per heavy atom. The van der Waals surface area contributed by atoms with Crippen LogP contribution in [0.1, 0.15) is 5.56 Å². The van der Waals surface area contributed by atoms with Crippen LogP contribution in [0.5, 0.6) is 5.75 Å². The van der Waals surface area contributed by atoms with Crippen molar-refractivity contribution in [2.24, 2.45) is 0 Å². The zero-order valence-electron chi connectivity index (χ0n) is 10.6. The zero-order valence-corrected chi connectivity index (χ0v) is 10.6. The number of halogens is 5. The summed E-state index contributed by atoms with van der Waals surface area (Å²) in [7, 11) is 0. The molecule has 0 saturated heterocycles. The summed E-state index contributed by atoms with van der Waals surface area (Å²) in [5, 5.41) is 2.14. The van der Waals surface area contributed by atoms with E-state index in [0.29, 0.717) is 12.0 Å². The SMILES string of the molecule is O=C(NCCc1ccc(OC(F)F)cc1)OCC(F)(F)F. The molecule has 0 aliphatic heterocycles. The number of alkyl halides is 5. The van der Waals surface area contributed by atoms with Crippen molar-refractivity contribution in [1.29, 1.82) is 0 Å². The van der Waals surface area contributed by atoms with Gasteiger partial charge in [-0.1, -0.05) is 12.1 Å². The van der Waals surface area contributed by atoms with Crippen LogP contribution in [0.4, 0.5) is 26.7 Å². The van der Waals surface area contributed by atoms with E-state index in [2.05, 4.69) is 14.8 Å². The number of carbonyl (C=O) groups is 1. The maximum atomic E-state index is 11.9. The molecule has 0 bridgehead atoms. The maximum absolute atomic E-state index is 11.9. The fourth-order valence-electron chi connectivity index (χ4n) is 1.34. The Morgan fingerprint density at radius 2 is 1.81 bits per heavy atom. The van der Waals surface area contributed by atoms with E-state index in [4.69, 9.17) is 0 Å². The third kappa shape index (κ3) is 7.95. The highest BCUT2D eigenvalue weighted by Crippen LogP contribution is 2.15. The molecule has 1 rings (SSSR count). The molecule has 0 atom stereocenters. The van der Waals surface area contributed by atoms with Gasteiger partial charge in [0.1, 0.15) is 5.75 Å². The lowest BCUT2D eigenvalue weighted by atomic mass is 10.1. The number of benzene rings is 1. The Kier molecular flexibility index (Phi) is 6.19. The monoisotopic (exact) mass is 313 g/mol. The number of alkyl carbamates (subject to hydrolysis) is 1. The molecule has 0 fully saturated rings. The topological polar surface area (TPSA) is 47.6 Å². The molecule has 1 N–H and O–H groups in total. The highest BCUT2D eigenvalue weighted by atomic mass is 19.4. The van der Waals surface area contributed by atoms with Crippen LogP contribution in [0, 0.1) is 0 Å². The summed E-state index contributed by atoms with van der Waals surface area (Å²) in [4.78, 5) is 10.9. The summed E-state index contributed by atoms with van der Waals surface area (Å²) in [6, 6.07) is 5.65. The molecule has 0 aliphatic rings. The smallest absolute Gasteiger partial charge is 0.422 e. The number of hydrogen-bond donors (Lipinski definition) is 1. The van der Waals surface area contributed by atoms with Gasteiger partial charge in [-0.25, -0.2) is 4.79 Å². The molecule has 1 amide bonds. The molecule has 0 radical (unpaired) electrons. The maximum Gasteiger partial charge on any atom is 0.422 e. The third-order valence-electron chi connectivity index (χ3n) is 2.20. The van der Waals surface area contributed by atoms with Crippen LogP contribution in [0.2, 0.25) is 0 Å². The molecule has 0 spiro atoms. The van der Waals surface area contributed by atoms with Crippen LogP contribution in [0.15, 0.2) is 24.3 Å². The van der Waals surface area contributed by atoms with Crippen LogP contribution in [0.3, 0.4) is 0 Å². The van der Waals surface area contributed by atoms with E-state index in [1.54, 1.807) is 0 Å². The Bertz CT molecular complexity index is 447. The molecule has 21 heavy (non-hydrogen) atoms. The number of ether oxygens (including phenoxy) is 2. The molecular weight excluding hydrogens is 301 g/mol. The van der Waals surface area contributed by atoms with E-state index in [0.717, 1.165) is 0 Å². The van der Waals surface area contributed by atoms with E-state index in [9.17, 15) is 26.7 Å². The molecule has 4 nitrogen and oxygen atoms in total. The third-order valence-corrected chi connectivity index (χ3v) is 2.20. The predicted octanol–water partition coefficient (Wildman–Crippen LogP) is 3.12. The van der Waals surface area contributed by atoms with Crippen LogP contribution in [-0.2, 0) is 11.2 Å². The van der Waals surface area contributed by atoms with E-state index >= 15 is 0 Å². The highest BCUT2D eigenvalue weighted by molar-refractivity contribution is 5.67. The largest absolute Gasteiger partial charge is 0.440 e. The van der Waals surface area contributed by atoms with Crippen molar-refractivity contribution in [1.82, 2.24) is 5.32 Å². The van der Waals surface area contributed by atoms with Crippen molar-refractivity contribution < 1.29 is 36.2 Å². The number of amides is 1. The lowest BCUT2D eigenvalue weighted by Crippen LogP contribution is -2.30. The van der Waals surface area contributed by atoms with Gasteiger partial charge in [0.15, 0.2) is 6.61 Å². The van der Waals surface area contributed by atoms with Gasteiger partial charge in [0.05, 0.1) is 0 Å². The Labute approximate surface area is 116 Å². The first kappa shape index (κ1) is 17.0. The van der Waals surface area contributed by atoms with Gasteiger partial charge >= 0.3 is 18.9 Å². The van der Waals surface area contributed by atoms with Crippen molar-refractivity contribution in [3.63, 3.8) is 0 Å². The van der Waals surface area contributed by atoms with Crippen molar-refractivity contribution >= 4 is 6.09 Å². The summed E-state index contributed by atoms with van der Waals surface area (Å²) in [6.45, 7) is -4.52. The molecule has 0 aromatic heterocycles. The quantitative estimate of drug-likeness (QED) is 0.821. The second kappa shape index (κ2) is 7.65. The van der Waals surface area contributed by atoms with Crippen molar-refractivity contribution in [3.8, 4) is 5.75 Å². The lowest BCUT2D eigenvalue weighted by molar-refractivity contribution is -0.160. The number of rotatable bonds is 6. The fraction of sp³-hybridized carbons (Fsp3) is 0.417. The summed E-state index contributed by atoms with van der Waals surface area (Å²) in [5.41, 5.74) is 0.688. The highest BCUT2D eigenvalue weighted by Gasteiger charge is 2.29. The molecule has 9 heteroatoms. The summed E-state index contributed by atoms with van der Waals surface area (Å²) >= 11 is 0. The molecule has 0 saturated carbocycles. The summed E-state index contributed by atoms with van der Waals surface area (Å²) in [6.07, 6.45) is -5.45. The van der Waals surface area contributed by atoms with E-state index in [1.165, 1.54) is 24.3 Å². The standard InChI is InChI=1S/C12H12F5NO3/c13-10(14)21-9-3-1-8(2-4-9)5-6-18-11(19)20-7-12(15,16)17/h1-4,10H,5-7H2,(H,18,19). The predicted molar refractivity (Wildman–Crippen MR) is 62.2 cm³/mol. The minimum absolute atomic E-state index is 0.00806. The molecule has 118 valence electrons. The van der Waals surface area contributed by atoms with E-state index in [-0.39, 0.29) is 12.3 Å². The van der Waals surface area contributed by atoms with E-state index < -0.39 is 25.5 Å². The van der Waals surface area contributed by atoms with Gasteiger partial charge < -0.3 is 14.8 Å². The zero-order chi connectivity index (χ0) is 15.9. The molecule has 0 heterocycles. The Morgan fingerprint density at radius 1 is 1.19 bits per heavy atom. The van der Waals surface area contributed by atoms with Gasteiger partial charge in [-0.2, -0.15) is 22.0 Å². The number of hydrogen-bond acceptors (Lipinski definition) is 3. The first-order valence-corrected chi connectivity index (χ1v) is 5.77. The first-order chi connectivity index (χ1) is 9.76. The minimum atomic E-state index is -4.57. The molecular formula is C12H12F5NO3. The normalized spacial score (nSPS) is 11.3. The van der Waals surface area contributed by atoms with Gasteiger partial charge in [0.25, 0.3) is 0 Å². The van der Waals surface area contributed by atoms with Crippen LogP contribution < -0.4 is 10.1 Å². The minimum Gasteiger partial charge on any atom is -0.440 e. The summed E-state index contributed by atoms with van der Waals surface area (Å²) in [5.74, 6) is -0.00806. The van der Waals surface area contributed by atoms with Gasteiger partial charge in [0.2, 0.25) is 0 Å². The summed E-state index contributed by atoms with van der Waals surface area (Å²) < 4.78 is 67.2. The fourth-order valence-corrected chi connectivity index (χ4v) is 1.34. The van der Waals surface area contributed by atoms with Crippen LogP contribution in [-0.4, -0.2) is 32.0 Å². The molecule has 1 aromatic rings. The average molecular weight is 313 g/mol.